The van der Waals surface area contributed by atoms with Gasteiger partial charge in [-0.05, 0) is 56.6 Å². The van der Waals surface area contributed by atoms with Gasteiger partial charge in [0.25, 0.3) is 11.8 Å². The zero-order valence-electron chi connectivity index (χ0n) is 19.8. The number of nitrogens with two attached hydrogens (primary N) is 1. The minimum Gasteiger partial charge on any atom is -0.506 e. The van der Waals surface area contributed by atoms with Crippen molar-refractivity contribution in [1.82, 2.24) is 25.9 Å². The van der Waals surface area contributed by atoms with Crippen LogP contribution in [-0.4, -0.2) is 57.8 Å². The molecule has 1 aliphatic heterocycles. The molecule has 10 nitrogen and oxygen atoms in total. The van der Waals surface area contributed by atoms with Crippen molar-refractivity contribution in [2.45, 2.75) is 31.8 Å². The third-order valence-electron chi connectivity index (χ3n) is 6.07. The summed E-state index contributed by atoms with van der Waals surface area (Å²) in [5.74, 6) is -0.913. The van der Waals surface area contributed by atoms with Gasteiger partial charge in [0.05, 0.1) is 23.8 Å². The van der Waals surface area contributed by atoms with Crippen molar-refractivity contribution >= 4 is 23.4 Å². The molecule has 0 bridgehead atoms. The van der Waals surface area contributed by atoms with E-state index in [9.17, 15) is 19.5 Å². The molecule has 2 amide bonds. The number of benzene rings is 1. The van der Waals surface area contributed by atoms with Gasteiger partial charge in [-0.2, -0.15) is 0 Å². The summed E-state index contributed by atoms with van der Waals surface area (Å²) in [6.45, 7) is 3.01. The number of aryl methyl sites for hydroxylation is 1. The first-order valence-electron chi connectivity index (χ1n) is 11.7. The molecule has 6 N–H and O–H groups in total. The van der Waals surface area contributed by atoms with Crippen LogP contribution in [0.2, 0.25) is 0 Å². The van der Waals surface area contributed by atoms with Crippen molar-refractivity contribution < 1.29 is 19.5 Å². The van der Waals surface area contributed by atoms with Crippen molar-refractivity contribution in [2.75, 3.05) is 18.8 Å². The van der Waals surface area contributed by atoms with Crippen LogP contribution in [0.15, 0.2) is 54.9 Å². The molecule has 2 aromatic heterocycles. The molecular formula is C26H28N6O4. The van der Waals surface area contributed by atoms with Crippen LogP contribution < -0.4 is 21.7 Å². The van der Waals surface area contributed by atoms with Crippen molar-refractivity contribution in [1.29, 1.82) is 0 Å². The third-order valence-corrected chi connectivity index (χ3v) is 6.07. The molecule has 1 aliphatic rings. The number of nitrogens with zero attached hydrogens (tertiary/aromatic N) is 2. The Morgan fingerprint density at radius 2 is 1.67 bits per heavy atom. The summed E-state index contributed by atoms with van der Waals surface area (Å²) in [6.07, 6.45) is 4.23. The van der Waals surface area contributed by atoms with Crippen molar-refractivity contribution in [2.24, 2.45) is 0 Å². The molecule has 0 spiro atoms. The SMILES string of the molecule is Cc1cc(C(=O)c2ccc(C(=O)N[C@@H]3CCCNC[C@H]3NC(=O)c3ccnc(N)c3)cc2)c(O)cn1. The fourth-order valence-corrected chi connectivity index (χ4v) is 4.13. The van der Waals surface area contributed by atoms with E-state index in [1.54, 1.807) is 37.3 Å². The van der Waals surface area contributed by atoms with Crippen molar-refractivity contribution in [3.05, 3.63) is 82.8 Å². The average Bonchev–Trinajstić information content (AvgIpc) is 3.10. The van der Waals surface area contributed by atoms with E-state index >= 15 is 0 Å². The molecule has 1 saturated heterocycles. The predicted molar refractivity (Wildman–Crippen MR) is 134 cm³/mol. The van der Waals surface area contributed by atoms with Gasteiger partial charge in [0.2, 0.25) is 0 Å². The Kier molecular flexibility index (Phi) is 7.55. The summed E-state index contributed by atoms with van der Waals surface area (Å²) in [5.41, 5.74) is 7.57. The highest BCUT2D eigenvalue weighted by atomic mass is 16.3. The van der Waals surface area contributed by atoms with Gasteiger partial charge in [0.15, 0.2) is 5.78 Å². The standard InChI is InChI=1S/C26H28N6O4/c1-15-11-19(22(33)14-30-15)24(34)16-4-6-17(7-5-16)25(35)31-20-3-2-9-28-13-21(20)32-26(36)18-8-10-29-23(27)12-18/h4-8,10-12,14,20-21,28,33H,2-3,9,13H2,1H3,(H2,27,29)(H,31,35)(H,32,36)/t20-,21-/m1/s1. The maximum absolute atomic E-state index is 13.0. The van der Waals surface area contributed by atoms with Gasteiger partial charge in [-0.15, -0.1) is 0 Å². The molecule has 0 radical (unpaired) electrons. The lowest BCUT2D eigenvalue weighted by Gasteiger charge is -2.27. The lowest BCUT2D eigenvalue weighted by Crippen LogP contribution is -2.54. The highest BCUT2D eigenvalue weighted by Crippen LogP contribution is 2.21. The third kappa shape index (κ3) is 5.84. The number of carbonyl (C=O) groups is 3. The Morgan fingerprint density at radius 3 is 2.42 bits per heavy atom. The van der Waals surface area contributed by atoms with Gasteiger partial charge in [-0.3, -0.25) is 19.4 Å². The Morgan fingerprint density at radius 1 is 0.972 bits per heavy atom. The van der Waals surface area contributed by atoms with Crippen LogP contribution in [0.1, 0.15) is 55.2 Å². The van der Waals surface area contributed by atoms with Gasteiger partial charge < -0.3 is 26.8 Å². The Labute approximate surface area is 208 Å². The van der Waals surface area contributed by atoms with Crippen LogP contribution >= 0.6 is 0 Å². The first-order chi connectivity index (χ1) is 17.3. The van der Waals surface area contributed by atoms with Gasteiger partial charge in [0, 0.05) is 35.1 Å². The number of amides is 2. The van der Waals surface area contributed by atoms with Crippen LogP contribution in [0.25, 0.3) is 0 Å². The molecule has 36 heavy (non-hydrogen) atoms. The van der Waals surface area contributed by atoms with E-state index in [0.717, 1.165) is 13.0 Å². The maximum Gasteiger partial charge on any atom is 0.251 e. The number of carbonyl (C=O) groups excluding carboxylic acids is 3. The average molecular weight is 489 g/mol. The molecule has 1 aromatic carbocycles. The number of hydrogen-bond acceptors (Lipinski definition) is 8. The van der Waals surface area contributed by atoms with Crippen LogP contribution in [0.5, 0.6) is 5.75 Å². The Balaban J connectivity index is 1.45. The number of ketones is 1. The van der Waals surface area contributed by atoms with Crippen LogP contribution in [0.4, 0.5) is 5.82 Å². The van der Waals surface area contributed by atoms with Gasteiger partial charge in [-0.1, -0.05) is 12.1 Å². The molecule has 0 saturated carbocycles. The Bertz CT molecular complexity index is 1280. The smallest absolute Gasteiger partial charge is 0.251 e. The van der Waals surface area contributed by atoms with E-state index in [-0.39, 0.29) is 46.8 Å². The number of aromatic nitrogens is 2. The Hall–Kier alpha value is -4.31. The summed E-state index contributed by atoms with van der Waals surface area (Å²) < 4.78 is 0. The van der Waals surface area contributed by atoms with Crippen molar-refractivity contribution in [3.8, 4) is 5.75 Å². The first-order valence-corrected chi connectivity index (χ1v) is 11.7. The molecule has 3 aromatic rings. The number of nitrogen functional groups attached to an aromatic ring is 1. The fourth-order valence-electron chi connectivity index (χ4n) is 4.13. The van der Waals surface area contributed by atoms with E-state index < -0.39 is 0 Å². The predicted octanol–water partition coefficient (Wildman–Crippen LogP) is 1.58. The summed E-state index contributed by atoms with van der Waals surface area (Å²) in [7, 11) is 0. The van der Waals surface area contributed by atoms with E-state index in [2.05, 4.69) is 25.9 Å². The maximum atomic E-state index is 13.0. The number of nitrogens with one attached hydrogen (secondary N) is 3. The first kappa shape index (κ1) is 24.8. The topological polar surface area (TPSA) is 159 Å². The summed E-state index contributed by atoms with van der Waals surface area (Å²) >= 11 is 0. The number of pyridine rings is 2. The molecule has 3 heterocycles. The highest BCUT2D eigenvalue weighted by molar-refractivity contribution is 6.11. The number of anilines is 1. The van der Waals surface area contributed by atoms with Gasteiger partial charge in [-0.25, -0.2) is 4.98 Å². The van der Waals surface area contributed by atoms with E-state index in [1.165, 1.54) is 24.5 Å². The molecule has 4 rings (SSSR count). The molecule has 0 aliphatic carbocycles. The molecular weight excluding hydrogens is 460 g/mol. The summed E-state index contributed by atoms with van der Waals surface area (Å²) in [4.78, 5) is 46.4. The minimum absolute atomic E-state index is 0.153. The molecule has 2 atom stereocenters. The van der Waals surface area contributed by atoms with Crippen LogP contribution in [-0.2, 0) is 0 Å². The largest absolute Gasteiger partial charge is 0.506 e. The second-order valence-corrected chi connectivity index (χ2v) is 8.72. The monoisotopic (exact) mass is 488 g/mol. The van der Waals surface area contributed by atoms with E-state index in [4.69, 9.17) is 5.73 Å². The van der Waals surface area contributed by atoms with Crippen LogP contribution in [0.3, 0.4) is 0 Å². The zero-order chi connectivity index (χ0) is 25.7. The number of hydrogen-bond donors (Lipinski definition) is 5. The lowest BCUT2D eigenvalue weighted by molar-refractivity contribution is 0.0882. The molecule has 10 heteroatoms. The summed E-state index contributed by atoms with van der Waals surface area (Å²) in [5, 5.41) is 19.3. The van der Waals surface area contributed by atoms with Crippen LogP contribution in [0, 0.1) is 6.92 Å². The highest BCUT2D eigenvalue weighted by Gasteiger charge is 2.27. The second kappa shape index (κ2) is 11.0. The zero-order valence-corrected chi connectivity index (χ0v) is 19.8. The van der Waals surface area contributed by atoms with Crippen molar-refractivity contribution in [3.63, 3.8) is 0 Å². The number of aromatic hydroxyl groups is 1. The fraction of sp³-hybridized carbons (Fsp3) is 0.269. The normalized spacial score (nSPS) is 17.6. The minimum atomic E-state index is -0.362. The van der Waals surface area contributed by atoms with E-state index in [0.29, 0.717) is 35.3 Å². The molecule has 186 valence electrons. The van der Waals surface area contributed by atoms with Gasteiger partial charge >= 0.3 is 0 Å². The lowest BCUT2D eigenvalue weighted by atomic mass is 10.0. The summed E-state index contributed by atoms with van der Waals surface area (Å²) in [6, 6.07) is 10.2. The van der Waals surface area contributed by atoms with E-state index in [1.807, 2.05) is 0 Å². The molecule has 0 unspecified atom stereocenters. The number of rotatable bonds is 6. The van der Waals surface area contributed by atoms with Gasteiger partial charge in [0.1, 0.15) is 11.6 Å². The quantitative estimate of drug-likeness (QED) is 0.327. The molecule has 1 fully saturated rings. The second-order valence-electron chi connectivity index (χ2n) is 8.72.